The Bertz CT molecular complexity index is 5500. The van der Waals surface area contributed by atoms with Gasteiger partial charge in [0.25, 0.3) is 5.91 Å². The molecule has 16 nitrogen and oxygen atoms in total. The van der Waals surface area contributed by atoms with Crippen molar-refractivity contribution < 1.29 is 54.9 Å². The molecule has 8 bridgehead atoms. The standard InChI is InChI=1S/C31H42N2O3S.C31H40N2O2.C30H38N2O2.C26H30F3NO2/c1-36-31-13-9-27(25-7-11-29(12-8-25)37(34,35)33-16-2-3-17-33)22-30(31)26-14-18-32(19-15-26)28-10-6-23-4-5-24(20-23)21-28;1-35-30-12-11-26(23-7-9-25(10-8-23)31(34)33-15-3-2-4-16-33)21-28(30)24-13-17-32(18-14-24)29-20-22-5-6-27(29)19-22;33-29(24-9-11-26(12-10-24)31-15-3-4-16-31)21-34-30-6-2-1-5-27(30)23-13-17-32(18-14-23)28-20-22-7-8-25(28)19-22;1-31-25-9-6-20(18-4-7-22(8-5-18)32-26(27,28)29)16-23(25)19-10-12-30(13-11-19)24-15-17-2-3-21(24)14-17/h7-9,11-13,22-24,26,28H,2-6,10,14-21H2,1H3;7-12,21-22,24,27,29H,2-6,13-20H2,1H3;1-2,5-6,9-12,22-23,25,28H,3-4,7-8,13-21H2;4-9,16-17,19,21,24H,2-3,10-15H2,1H3/t;22-,27?,29-;22-,25?,28-;17?,21?,24-/m.000/s1. The van der Waals surface area contributed by atoms with E-state index >= 15 is 0 Å². The van der Waals surface area contributed by atoms with E-state index in [4.69, 9.17) is 18.9 Å². The van der Waals surface area contributed by atoms with Gasteiger partial charge in [0.1, 0.15) is 28.7 Å². The highest BCUT2D eigenvalue weighted by atomic mass is 32.2. The number of alkyl halides is 3. The minimum absolute atomic E-state index is 0.0499. The molecule has 15 fully saturated rings. The largest absolute Gasteiger partial charge is 0.573 e. The lowest BCUT2D eigenvalue weighted by Crippen LogP contribution is -2.43. The molecule has 1 amide bonds. The molecule has 23 rings (SSSR count). The molecule has 20 heteroatoms. The van der Waals surface area contributed by atoms with Gasteiger partial charge in [0, 0.05) is 80.3 Å². The molecule has 738 valence electrons. The van der Waals surface area contributed by atoms with E-state index in [0.717, 1.165) is 206 Å². The molecule has 7 aliphatic heterocycles. The van der Waals surface area contributed by atoms with Gasteiger partial charge >= 0.3 is 6.36 Å². The minimum Gasteiger partial charge on any atom is -0.496 e. The fourth-order valence-electron chi connectivity index (χ4n) is 28.6. The average molecular weight is 1900 g/mol. The van der Waals surface area contributed by atoms with Crippen molar-refractivity contribution in [1.29, 1.82) is 0 Å². The number of halogens is 3. The molecule has 7 heterocycles. The van der Waals surface area contributed by atoms with Gasteiger partial charge in [-0.3, -0.25) is 9.59 Å². The number of anilines is 1. The van der Waals surface area contributed by atoms with Crippen molar-refractivity contribution in [3.05, 3.63) is 209 Å². The predicted octanol–water partition coefficient (Wildman–Crippen LogP) is 25.2. The first-order valence-electron chi connectivity index (χ1n) is 53.8. The summed E-state index contributed by atoms with van der Waals surface area (Å²) in [5, 5.41) is 0. The molecule has 0 spiro atoms. The van der Waals surface area contributed by atoms with Crippen LogP contribution in [0.25, 0.3) is 33.4 Å². The summed E-state index contributed by atoms with van der Waals surface area (Å²) in [6, 6.07) is 60.7. The van der Waals surface area contributed by atoms with Crippen LogP contribution in [0.15, 0.2) is 181 Å². The molecule has 8 saturated carbocycles. The Morgan fingerprint density at radius 2 is 0.739 bits per heavy atom. The van der Waals surface area contributed by atoms with Crippen molar-refractivity contribution in [2.45, 2.75) is 271 Å². The van der Waals surface area contributed by atoms with Gasteiger partial charge in [0.05, 0.1) is 26.2 Å². The average Bonchev–Trinajstić information content (AvgIpc) is 1.67. The van der Waals surface area contributed by atoms with E-state index in [1.807, 2.05) is 65.6 Å². The van der Waals surface area contributed by atoms with Crippen molar-refractivity contribution >= 4 is 27.4 Å². The zero-order chi connectivity index (χ0) is 94.4. The van der Waals surface area contributed by atoms with Crippen LogP contribution >= 0.6 is 0 Å². The first kappa shape index (κ1) is 96.7. The molecule has 7 saturated heterocycles. The molecule has 0 aromatic heterocycles. The van der Waals surface area contributed by atoms with E-state index in [-0.39, 0.29) is 24.0 Å². The number of fused-ring (bicyclic) bond motifs is 8. The third-order valence-electron chi connectivity index (χ3n) is 36.1. The molecule has 8 aromatic rings. The molecule has 15 aliphatic rings. The van der Waals surface area contributed by atoms with Gasteiger partial charge in [-0.25, -0.2) is 8.42 Å². The maximum Gasteiger partial charge on any atom is 0.573 e. The second-order valence-corrected chi connectivity index (χ2v) is 45.9. The zero-order valence-corrected chi connectivity index (χ0v) is 83.1. The molecule has 0 radical (unpaired) electrons. The first-order chi connectivity index (χ1) is 67.3. The summed E-state index contributed by atoms with van der Waals surface area (Å²) in [5.41, 5.74) is 14.3. The maximum atomic E-state index is 12.9. The lowest BCUT2D eigenvalue weighted by molar-refractivity contribution is -0.274. The second kappa shape index (κ2) is 44.0. The number of ketones is 1. The van der Waals surface area contributed by atoms with Gasteiger partial charge in [0.15, 0.2) is 12.4 Å². The van der Waals surface area contributed by atoms with E-state index < -0.39 is 16.4 Å². The highest BCUT2D eigenvalue weighted by Crippen LogP contribution is 2.53. The van der Waals surface area contributed by atoms with Gasteiger partial charge in [-0.05, 0) is 462 Å². The number of hydrogen-bond acceptors (Lipinski definition) is 14. The summed E-state index contributed by atoms with van der Waals surface area (Å²) >= 11 is 0. The van der Waals surface area contributed by atoms with Crippen LogP contribution in [0.3, 0.4) is 0 Å². The number of hydrogen-bond donors (Lipinski definition) is 0. The van der Waals surface area contributed by atoms with Gasteiger partial charge in [-0.1, -0.05) is 105 Å². The van der Waals surface area contributed by atoms with Crippen molar-refractivity contribution in [2.24, 2.45) is 47.3 Å². The number of benzene rings is 8. The van der Waals surface area contributed by atoms with Crippen LogP contribution in [0, 0.1) is 47.3 Å². The summed E-state index contributed by atoms with van der Waals surface area (Å²) in [5.74, 6) is 13.6. The summed E-state index contributed by atoms with van der Waals surface area (Å²) in [6.45, 7) is 14.9. The Morgan fingerprint density at radius 1 is 0.348 bits per heavy atom. The lowest BCUT2D eigenvalue weighted by Gasteiger charge is -2.40. The van der Waals surface area contributed by atoms with Crippen LogP contribution in [0.1, 0.15) is 279 Å². The second-order valence-electron chi connectivity index (χ2n) is 44.0. The van der Waals surface area contributed by atoms with E-state index in [1.165, 1.54) is 264 Å². The number of Topliss-reactive ketones (excluding diaryl/α,β-unsaturated/α-hetero) is 1. The van der Waals surface area contributed by atoms with Crippen LogP contribution in [0.5, 0.6) is 28.7 Å². The van der Waals surface area contributed by atoms with Gasteiger partial charge < -0.3 is 53.1 Å². The highest BCUT2D eigenvalue weighted by Gasteiger charge is 2.47. The number of carbonyl (C=O) groups excluding carboxylic acids is 2. The molecule has 0 N–H and O–H groups in total. The lowest BCUT2D eigenvalue weighted by atomic mass is 9.85. The molecule has 12 atom stereocenters. The Morgan fingerprint density at radius 3 is 1.19 bits per heavy atom. The van der Waals surface area contributed by atoms with Gasteiger partial charge in [-0.15, -0.1) is 13.2 Å². The minimum atomic E-state index is -4.68. The number of para-hydroxylation sites is 1. The molecule has 138 heavy (non-hydrogen) atoms. The van der Waals surface area contributed by atoms with Crippen LogP contribution in [-0.2, 0) is 10.0 Å². The topological polar surface area (TPSA) is 137 Å². The number of rotatable bonds is 23. The monoisotopic (exact) mass is 1900 g/mol. The number of methoxy groups -OCH3 is 3. The van der Waals surface area contributed by atoms with Crippen molar-refractivity contribution in [3.8, 4) is 62.1 Å². The van der Waals surface area contributed by atoms with Crippen molar-refractivity contribution in [3.63, 3.8) is 0 Å². The number of amides is 1. The Hall–Kier alpha value is -8.76. The summed E-state index contributed by atoms with van der Waals surface area (Å²) in [7, 11) is 1.88. The Kier molecular flexibility index (Phi) is 30.8. The number of ether oxygens (including phenoxy) is 5. The number of nitrogens with zero attached hydrogens (tertiary/aromatic N) is 7. The molecule has 8 aromatic carbocycles. The quantitative estimate of drug-likeness (QED) is 0.0562. The van der Waals surface area contributed by atoms with Crippen LogP contribution < -0.4 is 28.6 Å². The fraction of sp³-hybridized carbons (Fsp3) is 0.576. The van der Waals surface area contributed by atoms with E-state index in [2.05, 4.69) is 108 Å². The number of sulfonamides is 1. The van der Waals surface area contributed by atoms with E-state index in [9.17, 15) is 31.2 Å². The van der Waals surface area contributed by atoms with Crippen molar-refractivity contribution in [1.82, 2.24) is 28.8 Å². The zero-order valence-electron chi connectivity index (χ0n) is 82.3. The summed E-state index contributed by atoms with van der Waals surface area (Å²) in [6.07, 6.45) is 38.8. The normalized spacial score (nSPS) is 27.3. The predicted molar refractivity (Wildman–Crippen MR) is 544 cm³/mol. The number of carbonyl (C=O) groups is 2. The van der Waals surface area contributed by atoms with E-state index in [0.29, 0.717) is 41.7 Å². The third-order valence-corrected chi connectivity index (χ3v) is 38.0. The van der Waals surface area contributed by atoms with Gasteiger partial charge in [-0.2, -0.15) is 4.31 Å². The Balaban J connectivity index is 0.000000114. The molecule has 7 unspecified atom stereocenters. The molecular formula is C118H150F3N7O9S. The number of likely N-dealkylation sites (tertiary alicyclic amines) is 5. The van der Waals surface area contributed by atoms with E-state index in [1.54, 1.807) is 49.9 Å². The SMILES string of the molecule is COc1ccc(-c2ccc(C(=O)N3CCCCC3)cc2)cc1C1CCN([C@H]2C[C@H]3CCC2C3)CC1.COc1ccc(-c2ccc(OC(F)(F)F)cc2)cc1C1CCN([C@H]2CC3CCC2C3)CC1.COc1ccc(-c2ccc(S(=O)(=O)N3CCCC3)cc2)cc1C1CCN(C2CCC3CCC(C3)C2)CC1.O=C(COc1ccccc1C1CCN([C@H]2C[C@H]3CCC2C3)CC1)c1ccc(N2CCCC2)cc1. The highest BCUT2D eigenvalue weighted by molar-refractivity contribution is 7.89. The maximum absolute atomic E-state index is 12.9. The Labute approximate surface area is 820 Å². The summed E-state index contributed by atoms with van der Waals surface area (Å²) < 4.78 is 92.2. The summed E-state index contributed by atoms with van der Waals surface area (Å²) in [4.78, 5) is 41.6. The number of piperidine rings is 5. The van der Waals surface area contributed by atoms with Crippen LogP contribution in [0.4, 0.5) is 18.9 Å². The molecule has 8 aliphatic carbocycles. The van der Waals surface area contributed by atoms with Crippen LogP contribution in [0.2, 0.25) is 0 Å². The van der Waals surface area contributed by atoms with Gasteiger partial charge in [0.2, 0.25) is 10.0 Å². The smallest absolute Gasteiger partial charge is 0.496 e. The van der Waals surface area contributed by atoms with Crippen LogP contribution in [-0.4, -0.2) is 199 Å². The molecular weight excluding hydrogens is 1750 g/mol. The third kappa shape index (κ3) is 22.5. The van der Waals surface area contributed by atoms with Crippen molar-refractivity contribution in [2.75, 3.05) is 124 Å². The first-order valence-corrected chi connectivity index (χ1v) is 55.2. The fourth-order valence-corrected chi connectivity index (χ4v) is 30.2.